The molecule has 0 bridgehead atoms. The summed E-state index contributed by atoms with van der Waals surface area (Å²) in [5.74, 6) is -0.942. The number of nitrogens with one attached hydrogen (secondary N) is 1. The van der Waals surface area contributed by atoms with Crippen molar-refractivity contribution in [2.24, 2.45) is 0 Å². The number of nitrogens with zero attached hydrogens (tertiary/aromatic N) is 2. The minimum atomic E-state index is -4.17. The Hall–Kier alpha value is -2.78. The number of hydrogen-bond donors (Lipinski definition) is 1. The highest BCUT2D eigenvalue weighted by molar-refractivity contribution is 7.92. The van der Waals surface area contributed by atoms with Crippen LogP contribution in [0.5, 0.6) is 0 Å². The second-order valence-electron chi connectivity index (χ2n) is 9.06. The second-order valence-corrected chi connectivity index (χ2v) is 12.2. The van der Waals surface area contributed by atoms with E-state index in [2.05, 4.69) is 5.32 Å². The molecular weight excluding hydrogens is 581 g/mol. The van der Waals surface area contributed by atoms with Crippen LogP contribution >= 0.6 is 34.8 Å². The zero-order chi connectivity index (χ0) is 28.9. The van der Waals surface area contributed by atoms with Crippen molar-refractivity contribution in [3.63, 3.8) is 0 Å². The van der Waals surface area contributed by atoms with Crippen molar-refractivity contribution in [2.75, 3.05) is 17.9 Å². The molecule has 1 atom stereocenters. The van der Waals surface area contributed by atoms with Gasteiger partial charge in [0.05, 0.1) is 20.6 Å². The number of carbonyl (C=O) groups is 2. The van der Waals surface area contributed by atoms with E-state index >= 15 is 0 Å². The Morgan fingerprint density at radius 3 is 2.15 bits per heavy atom. The molecule has 0 heterocycles. The summed E-state index contributed by atoms with van der Waals surface area (Å²) < 4.78 is 28.9. The van der Waals surface area contributed by atoms with Crippen LogP contribution in [0.4, 0.5) is 5.69 Å². The van der Waals surface area contributed by atoms with Gasteiger partial charge in [-0.1, -0.05) is 65.5 Å². The Kier molecular flexibility index (Phi) is 10.3. The number of halogens is 3. The van der Waals surface area contributed by atoms with Gasteiger partial charge in [0.25, 0.3) is 10.0 Å². The summed E-state index contributed by atoms with van der Waals surface area (Å²) in [6.45, 7) is 4.81. The standard InChI is InChI=1S/C28H30Cl3N3O4S/c1-5-25(28(36)32-4)33(16-20-8-12-23(30)24(31)15-20)27(35)17-34(26-13-9-21(29)14-19(26)3)39(37,38)22-10-6-18(2)7-11-22/h6-15,25H,5,16-17H2,1-4H3,(H,32,36)/t25-/m0/s1. The van der Waals surface area contributed by atoms with Gasteiger partial charge in [-0.15, -0.1) is 0 Å². The van der Waals surface area contributed by atoms with Gasteiger partial charge in [0.15, 0.2) is 0 Å². The first kappa shape index (κ1) is 30.8. The van der Waals surface area contributed by atoms with Crippen LogP contribution in [0.15, 0.2) is 65.6 Å². The van der Waals surface area contributed by atoms with Crippen LogP contribution in [0.3, 0.4) is 0 Å². The number of anilines is 1. The monoisotopic (exact) mass is 609 g/mol. The van der Waals surface area contributed by atoms with Gasteiger partial charge in [0.2, 0.25) is 11.8 Å². The molecule has 0 saturated carbocycles. The SMILES string of the molecule is CC[C@@H](C(=O)NC)N(Cc1ccc(Cl)c(Cl)c1)C(=O)CN(c1ccc(Cl)cc1C)S(=O)(=O)c1ccc(C)cc1. The van der Waals surface area contributed by atoms with Crippen molar-refractivity contribution < 1.29 is 18.0 Å². The molecule has 3 rings (SSSR count). The number of hydrogen-bond acceptors (Lipinski definition) is 4. The maximum atomic E-state index is 14.0. The van der Waals surface area contributed by atoms with E-state index in [1.807, 2.05) is 6.92 Å². The highest BCUT2D eigenvalue weighted by atomic mass is 35.5. The molecule has 0 saturated heterocycles. The lowest BCUT2D eigenvalue weighted by atomic mass is 10.1. The zero-order valence-corrected chi connectivity index (χ0v) is 25.1. The van der Waals surface area contributed by atoms with Crippen molar-refractivity contribution in [3.8, 4) is 0 Å². The number of sulfonamides is 1. The number of aryl methyl sites for hydroxylation is 2. The number of benzene rings is 3. The van der Waals surface area contributed by atoms with Crippen molar-refractivity contribution in [2.45, 2.75) is 44.7 Å². The largest absolute Gasteiger partial charge is 0.357 e. The molecule has 1 N–H and O–H groups in total. The molecule has 0 aliphatic carbocycles. The average molecular weight is 611 g/mol. The summed E-state index contributed by atoms with van der Waals surface area (Å²) in [5.41, 5.74) is 2.40. The lowest BCUT2D eigenvalue weighted by Gasteiger charge is -2.33. The molecule has 3 aromatic carbocycles. The van der Waals surface area contributed by atoms with Gasteiger partial charge >= 0.3 is 0 Å². The van der Waals surface area contributed by atoms with Gasteiger partial charge in [-0.3, -0.25) is 13.9 Å². The summed E-state index contributed by atoms with van der Waals surface area (Å²) in [5, 5.41) is 3.68. The number of likely N-dealkylation sites (N-methyl/N-ethyl adjacent to an activating group) is 1. The summed E-state index contributed by atoms with van der Waals surface area (Å²) in [7, 11) is -2.69. The Labute approximate surface area is 244 Å². The van der Waals surface area contributed by atoms with E-state index in [1.165, 1.54) is 24.1 Å². The van der Waals surface area contributed by atoms with Gasteiger partial charge in [0, 0.05) is 18.6 Å². The average Bonchev–Trinajstić information content (AvgIpc) is 2.89. The summed E-state index contributed by atoms with van der Waals surface area (Å²) in [6, 6.07) is 15.2. The third kappa shape index (κ3) is 7.25. The predicted molar refractivity (Wildman–Crippen MR) is 157 cm³/mol. The van der Waals surface area contributed by atoms with Crippen LogP contribution in [0, 0.1) is 13.8 Å². The van der Waals surface area contributed by atoms with Crippen LogP contribution in [0.2, 0.25) is 15.1 Å². The number of amides is 2. The van der Waals surface area contributed by atoms with E-state index < -0.39 is 28.5 Å². The topological polar surface area (TPSA) is 86.8 Å². The molecule has 0 fully saturated rings. The van der Waals surface area contributed by atoms with E-state index in [9.17, 15) is 18.0 Å². The molecule has 2 amide bonds. The molecule has 39 heavy (non-hydrogen) atoms. The Morgan fingerprint density at radius 2 is 1.59 bits per heavy atom. The molecule has 3 aromatic rings. The van der Waals surface area contributed by atoms with Crippen LogP contribution in [0.25, 0.3) is 0 Å². The quantitative estimate of drug-likeness (QED) is 0.305. The van der Waals surface area contributed by atoms with Crippen molar-refractivity contribution >= 4 is 62.3 Å². The van der Waals surface area contributed by atoms with E-state index in [0.717, 1.165) is 9.87 Å². The summed E-state index contributed by atoms with van der Waals surface area (Å²) in [6.07, 6.45) is 0.303. The first-order chi connectivity index (χ1) is 18.4. The van der Waals surface area contributed by atoms with E-state index in [0.29, 0.717) is 38.3 Å². The van der Waals surface area contributed by atoms with Gasteiger partial charge in [-0.05, 0) is 73.9 Å². The van der Waals surface area contributed by atoms with Crippen LogP contribution in [-0.2, 0) is 26.2 Å². The molecule has 0 aliphatic heterocycles. The maximum absolute atomic E-state index is 14.0. The summed E-state index contributed by atoms with van der Waals surface area (Å²) >= 11 is 18.4. The lowest BCUT2D eigenvalue weighted by Crippen LogP contribution is -2.51. The third-order valence-electron chi connectivity index (χ3n) is 6.28. The highest BCUT2D eigenvalue weighted by Gasteiger charge is 2.34. The fourth-order valence-electron chi connectivity index (χ4n) is 4.17. The minimum Gasteiger partial charge on any atom is -0.357 e. The Morgan fingerprint density at radius 1 is 0.923 bits per heavy atom. The van der Waals surface area contributed by atoms with E-state index in [1.54, 1.807) is 62.4 Å². The second kappa shape index (κ2) is 13.0. The lowest BCUT2D eigenvalue weighted by molar-refractivity contribution is -0.140. The molecular formula is C28H30Cl3N3O4S. The molecule has 7 nitrogen and oxygen atoms in total. The highest BCUT2D eigenvalue weighted by Crippen LogP contribution is 2.30. The number of carbonyl (C=O) groups excluding carboxylic acids is 2. The fraction of sp³-hybridized carbons (Fsp3) is 0.286. The Bertz CT molecular complexity index is 1460. The molecule has 208 valence electrons. The molecule has 0 aliphatic rings. The molecule has 0 unspecified atom stereocenters. The van der Waals surface area contributed by atoms with E-state index in [4.69, 9.17) is 34.8 Å². The molecule has 11 heteroatoms. The normalized spacial score (nSPS) is 12.1. The first-order valence-corrected chi connectivity index (χ1v) is 14.8. The van der Waals surface area contributed by atoms with Crippen molar-refractivity contribution in [1.82, 2.24) is 10.2 Å². The van der Waals surface area contributed by atoms with Crippen LogP contribution in [-0.4, -0.2) is 44.8 Å². The summed E-state index contributed by atoms with van der Waals surface area (Å²) in [4.78, 5) is 28.2. The molecule has 0 spiro atoms. The van der Waals surface area contributed by atoms with Crippen LogP contribution in [0.1, 0.15) is 30.0 Å². The smallest absolute Gasteiger partial charge is 0.264 e. The van der Waals surface area contributed by atoms with Gasteiger partial charge in [-0.2, -0.15) is 0 Å². The third-order valence-corrected chi connectivity index (χ3v) is 9.03. The maximum Gasteiger partial charge on any atom is 0.264 e. The predicted octanol–water partition coefficient (Wildman–Crippen LogP) is 6.01. The Balaban J connectivity index is 2.10. The first-order valence-electron chi connectivity index (χ1n) is 12.2. The zero-order valence-electron chi connectivity index (χ0n) is 22.0. The van der Waals surface area contributed by atoms with Crippen molar-refractivity contribution in [1.29, 1.82) is 0 Å². The molecule has 0 aromatic heterocycles. The van der Waals surface area contributed by atoms with E-state index in [-0.39, 0.29) is 17.3 Å². The number of rotatable bonds is 10. The fourth-order valence-corrected chi connectivity index (χ4v) is 6.20. The van der Waals surface area contributed by atoms with Gasteiger partial charge < -0.3 is 10.2 Å². The van der Waals surface area contributed by atoms with Crippen LogP contribution < -0.4 is 9.62 Å². The van der Waals surface area contributed by atoms with Gasteiger partial charge in [-0.25, -0.2) is 8.42 Å². The minimum absolute atomic E-state index is 0.0136. The van der Waals surface area contributed by atoms with Crippen molar-refractivity contribution in [3.05, 3.63) is 92.4 Å². The van der Waals surface area contributed by atoms with Gasteiger partial charge in [0.1, 0.15) is 12.6 Å². The molecule has 0 radical (unpaired) electrons.